The molecule has 1 aromatic carbocycles. The molecule has 1 fully saturated rings. The minimum absolute atomic E-state index is 0.909. The zero-order chi connectivity index (χ0) is 14.8. The summed E-state index contributed by atoms with van der Waals surface area (Å²) in [6, 6.07) is 10.4. The van der Waals surface area contributed by atoms with Gasteiger partial charge >= 0.3 is 0 Å². The maximum Gasteiger partial charge on any atom is 0.0893 e. The van der Waals surface area contributed by atoms with Crippen LogP contribution in [0.15, 0.2) is 48.9 Å². The van der Waals surface area contributed by atoms with E-state index in [0.717, 1.165) is 28.8 Å². The molecule has 0 N–H and O–H groups in total. The van der Waals surface area contributed by atoms with Crippen LogP contribution in [0.1, 0.15) is 18.4 Å². The van der Waals surface area contributed by atoms with Crippen LogP contribution in [0.3, 0.4) is 0 Å². The van der Waals surface area contributed by atoms with E-state index in [2.05, 4.69) is 44.1 Å². The van der Waals surface area contributed by atoms with Gasteiger partial charge in [0.15, 0.2) is 0 Å². The molecule has 4 rings (SSSR count). The van der Waals surface area contributed by atoms with Crippen molar-refractivity contribution in [2.75, 3.05) is 13.1 Å². The predicted octanol–water partition coefficient (Wildman–Crippen LogP) is 3.29. The average Bonchev–Trinajstić information content (AvgIpc) is 3.08. The van der Waals surface area contributed by atoms with Crippen LogP contribution in [0.2, 0.25) is 0 Å². The summed E-state index contributed by atoms with van der Waals surface area (Å²) >= 11 is 0. The molecule has 0 radical (unpaired) electrons. The van der Waals surface area contributed by atoms with Gasteiger partial charge in [-0.25, -0.2) is 0 Å². The van der Waals surface area contributed by atoms with Gasteiger partial charge in [0.05, 0.1) is 16.7 Å². The Morgan fingerprint density at radius 2 is 1.64 bits per heavy atom. The molecule has 0 bridgehead atoms. The number of benzene rings is 1. The SMILES string of the molecule is c1cc(CN2CCCC2)cc(-c2ccc3nccnc3c2)n1. The van der Waals surface area contributed by atoms with Gasteiger partial charge in [0, 0.05) is 30.7 Å². The second-order valence-electron chi connectivity index (χ2n) is 5.79. The predicted molar refractivity (Wildman–Crippen MR) is 87.3 cm³/mol. The van der Waals surface area contributed by atoms with E-state index in [1.165, 1.54) is 31.5 Å². The standard InChI is InChI=1S/C18H18N4/c1-2-10-22(9-1)13-14-5-6-19-17(11-14)15-3-4-16-18(12-15)21-8-7-20-16/h3-8,11-12H,1-2,9-10,13H2. The van der Waals surface area contributed by atoms with Crippen LogP contribution in [0.25, 0.3) is 22.3 Å². The van der Waals surface area contributed by atoms with E-state index in [1.807, 2.05) is 12.3 Å². The Bertz CT molecular complexity index is 794. The largest absolute Gasteiger partial charge is 0.299 e. The minimum atomic E-state index is 0.909. The molecule has 3 aromatic rings. The molecule has 3 heterocycles. The van der Waals surface area contributed by atoms with Crippen LogP contribution in [-0.4, -0.2) is 32.9 Å². The van der Waals surface area contributed by atoms with E-state index >= 15 is 0 Å². The molecule has 22 heavy (non-hydrogen) atoms. The topological polar surface area (TPSA) is 41.9 Å². The van der Waals surface area contributed by atoms with Crippen LogP contribution >= 0.6 is 0 Å². The molecule has 2 aromatic heterocycles. The Kier molecular flexibility index (Phi) is 3.52. The molecule has 4 nitrogen and oxygen atoms in total. The molecule has 1 aliphatic heterocycles. The summed E-state index contributed by atoms with van der Waals surface area (Å²) in [4.78, 5) is 15.7. The van der Waals surface area contributed by atoms with E-state index in [9.17, 15) is 0 Å². The lowest BCUT2D eigenvalue weighted by Crippen LogP contribution is -2.18. The minimum Gasteiger partial charge on any atom is -0.299 e. The van der Waals surface area contributed by atoms with Crippen molar-refractivity contribution < 1.29 is 0 Å². The molecule has 110 valence electrons. The smallest absolute Gasteiger partial charge is 0.0893 e. The van der Waals surface area contributed by atoms with Crippen LogP contribution in [0.5, 0.6) is 0 Å². The van der Waals surface area contributed by atoms with E-state index in [0.29, 0.717) is 0 Å². The number of likely N-dealkylation sites (tertiary alicyclic amines) is 1. The van der Waals surface area contributed by atoms with E-state index in [4.69, 9.17) is 0 Å². The summed E-state index contributed by atoms with van der Waals surface area (Å²) in [7, 11) is 0. The number of rotatable bonds is 3. The lowest BCUT2D eigenvalue weighted by Gasteiger charge is -2.14. The van der Waals surface area contributed by atoms with Crippen LogP contribution in [0.4, 0.5) is 0 Å². The van der Waals surface area contributed by atoms with Crippen molar-refractivity contribution in [1.82, 2.24) is 19.9 Å². The van der Waals surface area contributed by atoms with Crippen molar-refractivity contribution in [2.45, 2.75) is 19.4 Å². The molecule has 0 aliphatic carbocycles. The summed E-state index contributed by atoms with van der Waals surface area (Å²) in [6.07, 6.45) is 7.99. The zero-order valence-electron chi connectivity index (χ0n) is 12.4. The molecule has 1 saturated heterocycles. The lowest BCUT2D eigenvalue weighted by atomic mass is 10.1. The quantitative estimate of drug-likeness (QED) is 0.742. The summed E-state index contributed by atoms with van der Waals surface area (Å²) in [5.41, 5.74) is 5.25. The van der Waals surface area contributed by atoms with Crippen LogP contribution < -0.4 is 0 Å². The third-order valence-corrected chi connectivity index (χ3v) is 4.19. The Balaban J connectivity index is 1.65. The number of fused-ring (bicyclic) bond motifs is 1. The number of nitrogens with zero attached hydrogens (tertiary/aromatic N) is 4. The highest BCUT2D eigenvalue weighted by atomic mass is 15.1. The Morgan fingerprint density at radius 3 is 2.50 bits per heavy atom. The van der Waals surface area contributed by atoms with Crippen molar-refractivity contribution in [3.8, 4) is 11.3 Å². The normalized spacial score (nSPS) is 15.5. The number of pyridine rings is 1. The molecule has 0 saturated carbocycles. The van der Waals surface area contributed by atoms with Crippen molar-refractivity contribution in [3.63, 3.8) is 0 Å². The molecule has 4 heteroatoms. The van der Waals surface area contributed by atoms with Crippen LogP contribution in [0, 0.1) is 0 Å². The first-order valence-electron chi connectivity index (χ1n) is 7.77. The maximum absolute atomic E-state index is 4.52. The molecule has 0 spiro atoms. The maximum atomic E-state index is 4.52. The molecule has 0 amide bonds. The van der Waals surface area contributed by atoms with Crippen molar-refractivity contribution in [1.29, 1.82) is 0 Å². The van der Waals surface area contributed by atoms with Gasteiger partial charge in [-0.2, -0.15) is 0 Å². The Hall–Kier alpha value is -2.33. The summed E-state index contributed by atoms with van der Waals surface area (Å²) < 4.78 is 0. The second-order valence-corrected chi connectivity index (χ2v) is 5.79. The number of aromatic nitrogens is 3. The van der Waals surface area contributed by atoms with Crippen LogP contribution in [-0.2, 0) is 6.54 Å². The molecule has 1 aliphatic rings. The van der Waals surface area contributed by atoms with Gasteiger partial charge in [-0.1, -0.05) is 6.07 Å². The fraction of sp³-hybridized carbons (Fsp3) is 0.278. The van der Waals surface area contributed by atoms with Gasteiger partial charge in [0.25, 0.3) is 0 Å². The van der Waals surface area contributed by atoms with Gasteiger partial charge in [0.1, 0.15) is 0 Å². The highest BCUT2D eigenvalue weighted by Gasteiger charge is 2.12. The molecular weight excluding hydrogens is 272 g/mol. The van der Waals surface area contributed by atoms with E-state index < -0.39 is 0 Å². The molecule has 0 atom stereocenters. The van der Waals surface area contributed by atoms with Crippen molar-refractivity contribution >= 4 is 11.0 Å². The van der Waals surface area contributed by atoms with Crippen molar-refractivity contribution in [2.24, 2.45) is 0 Å². The molecular formula is C18H18N4. The third-order valence-electron chi connectivity index (χ3n) is 4.19. The fourth-order valence-corrected chi connectivity index (χ4v) is 3.05. The van der Waals surface area contributed by atoms with Gasteiger partial charge in [-0.05, 0) is 55.8 Å². The van der Waals surface area contributed by atoms with E-state index in [-0.39, 0.29) is 0 Å². The third kappa shape index (κ3) is 2.70. The second kappa shape index (κ2) is 5.81. The summed E-state index contributed by atoms with van der Waals surface area (Å²) in [6.45, 7) is 3.44. The first kappa shape index (κ1) is 13.3. The number of hydrogen-bond donors (Lipinski definition) is 0. The van der Waals surface area contributed by atoms with Gasteiger partial charge in [-0.3, -0.25) is 19.9 Å². The molecule has 0 unspecified atom stereocenters. The first-order chi connectivity index (χ1) is 10.9. The highest BCUT2D eigenvalue weighted by Crippen LogP contribution is 2.22. The summed E-state index contributed by atoms with van der Waals surface area (Å²) in [5, 5.41) is 0. The lowest BCUT2D eigenvalue weighted by molar-refractivity contribution is 0.331. The summed E-state index contributed by atoms with van der Waals surface area (Å²) in [5.74, 6) is 0. The van der Waals surface area contributed by atoms with Gasteiger partial charge < -0.3 is 0 Å². The monoisotopic (exact) mass is 290 g/mol. The Morgan fingerprint density at radius 1 is 0.818 bits per heavy atom. The van der Waals surface area contributed by atoms with Crippen molar-refractivity contribution in [3.05, 3.63) is 54.5 Å². The van der Waals surface area contributed by atoms with Gasteiger partial charge in [-0.15, -0.1) is 0 Å². The van der Waals surface area contributed by atoms with E-state index in [1.54, 1.807) is 12.4 Å². The number of hydrogen-bond acceptors (Lipinski definition) is 4. The zero-order valence-corrected chi connectivity index (χ0v) is 12.4. The first-order valence-corrected chi connectivity index (χ1v) is 7.77. The fourth-order valence-electron chi connectivity index (χ4n) is 3.05. The highest BCUT2D eigenvalue weighted by molar-refractivity contribution is 5.80. The average molecular weight is 290 g/mol. The van der Waals surface area contributed by atoms with Gasteiger partial charge in [0.2, 0.25) is 0 Å². The Labute approximate surface area is 129 Å².